The largest absolute Gasteiger partial charge is 0.479 e. The molecule has 0 spiro atoms. The highest BCUT2D eigenvalue weighted by Crippen LogP contribution is 2.20. The van der Waals surface area contributed by atoms with Crippen LogP contribution in [0.4, 0.5) is 0 Å². The molecular formula is C20H22N2O5. The molecular weight excluding hydrogens is 348 g/mol. The molecule has 3 rings (SSSR count). The summed E-state index contributed by atoms with van der Waals surface area (Å²) in [7, 11) is 1.50. The second-order valence-electron chi connectivity index (χ2n) is 6.28. The number of nitrogens with zero attached hydrogens (tertiary/aromatic N) is 1. The van der Waals surface area contributed by atoms with Gasteiger partial charge in [0.15, 0.2) is 0 Å². The molecule has 2 aromatic heterocycles. The van der Waals surface area contributed by atoms with Gasteiger partial charge in [0.25, 0.3) is 5.88 Å². The van der Waals surface area contributed by atoms with Crippen molar-refractivity contribution in [3.63, 3.8) is 0 Å². The van der Waals surface area contributed by atoms with Crippen LogP contribution in [0.1, 0.15) is 36.7 Å². The number of ether oxygens (including phenoxy) is 1. The molecule has 2 heterocycles. The number of methoxy groups -OCH3 is 1. The van der Waals surface area contributed by atoms with Crippen LogP contribution < -0.4 is 15.7 Å². The topological polar surface area (TPSA) is 94.6 Å². The predicted octanol–water partition coefficient (Wildman–Crippen LogP) is 2.99. The first-order valence-electron chi connectivity index (χ1n) is 8.91. The number of amides is 1. The molecule has 0 aliphatic heterocycles. The molecule has 0 fully saturated rings. The van der Waals surface area contributed by atoms with Crippen LogP contribution in [0.5, 0.6) is 5.88 Å². The van der Waals surface area contributed by atoms with Crippen LogP contribution >= 0.6 is 0 Å². The quantitative estimate of drug-likeness (QED) is 0.613. The molecule has 1 N–H and O–H groups in total. The normalized spacial score (nSPS) is 10.9. The SMILES string of the molecule is CCCc1ccc2oc(=O)cc(CNC(=O)CCc3cc(OC)no3)c2c1. The highest BCUT2D eigenvalue weighted by atomic mass is 16.5. The Kier molecular flexibility index (Phi) is 5.90. The molecule has 142 valence electrons. The molecule has 0 bridgehead atoms. The van der Waals surface area contributed by atoms with Gasteiger partial charge in [-0.2, -0.15) is 0 Å². The van der Waals surface area contributed by atoms with Gasteiger partial charge in [0, 0.05) is 36.9 Å². The van der Waals surface area contributed by atoms with Crippen molar-refractivity contribution in [2.75, 3.05) is 7.11 Å². The van der Waals surface area contributed by atoms with Gasteiger partial charge in [0.05, 0.1) is 7.11 Å². The summed E-state index contributed by atoms with van der Waals surface area (Å²) in [6, 6.07) is 8.87. The van der Waals surface area contributed by atoms with Gasteiger partial charge < -0.3 is 19.0 Å². The van der Waals surface area contributed by atoms with Crippen LogP contribution in [0.2, 0.25) is 0 Å². The number of rotatable bonds is 8. The lowest BCUT2D eigenvalue weighted by Crippen LogP contribution is -2.23. The lowest BCUT2D eigenvalue weighted by Gasteiger charge is -2.09. The maximum atomic E-state index is 12.2. The zero-order valence-electron chi connectivity index (χ0n) is 15.4. The van der Waals surface area contributed by atoms with Crippen LogP contribution in [0.15, 0.2) is 44.1 Å². The van der Waals surface area contributed by atoms with Crippen molar-refractivity contribution in [3.8, 4) is 5.88 Å². The summed E-state index contributed by atoms with van der Waals surface area (Å²) in [5.41, 5.74) is 2.02. The van der Waals surface area contributed by atoms with E-state index in [0.717, 1.165) is 23.8 Å². The number of nitrogens with one attached hydrogen (secondary N) is 1. The maximum absolute atomic E-state index is 12.2. The van der Waals surface area contributed by atoms with Gasteiger partial charge in [-0.15, -0.1) is 0 Å². The second kappa shape index (κ2) is 8.53. The van der Waals surface area contributed by atoms with Gasteiger partial charge >= 0.3 is 5.63 Å². The molecule has 0 saturated carbocycles. The van der Waals surface area contributed by atoms with Crippen molar-refractivity contribution in [3.05, 3.63) is 57.6 Å². The fourth-order valence-corrected chi connectivity index (χ4v) is 2.89. The average Bonchev–Trinajstić information content (AvgIpc) is 3.13. The van der Waals surface area contributed by atoms with Crippen molar-refractivity contribution < 1.29 is 18.5 Å². The van der Waals surface area contributed by atoms with Gasteiger partial charge in [-0.25, -0.2) is 4.79 Å². The number of hydrogen-bond donors (Lipinski definition) is 1. The molecule has 27 heavy (non-hydrogen) atoms. The summed E-state index contributed by atoms with van der Waals surface area (Å²) in [4.78, 5) is 23.9. The van der Waals surface area contributed by atoms with Gasteiger partial charge in [-0.05, 0) is 34.8 Å². The third kappa shape index (κ3) is 4.75. The van der Waals surface area contributed by atoms with E-state index in [-0.39, 0.29) is 18.9 Å². The van der Waals surface area contributed by atoms with E-state index in [4.69, 9.17) is 13.7 Å². The number of fused-ring (bicyclic) bond motifs is 1. The Balaban J connectivity index is 1.67. The summed E-state index contributed by atoms with van der Waals surface area (Å²) in [6.07, 6.45) is 2.64. The predicted molar refractivity (Wildman–Crippen MR) is 99.7 cm³/mol. The standard InChI is InChI=1S/C20H22N2O5/c1-3-4-13-5-7-17-16(9-13)14(10-20(24)26-17)12-21-18(23)8-6-15-11-19(25-2)22-27-15/h5,7,9-11H,3-4,6,8,12H2,1-2H3,(H,21,23). The number of carbonyl (C=O) groups excluding carboxylic acids is 1. The zero-order valence-corrected chi connectivity index (χ0v) is 15.4. The Bertz CT molecular complexity index is 989. The van der Waals surface area contributed by atoms with Gasteiger partial charge in [-0.3, -0.25) is 4.79 Å². The fraction of sp³-hybridized carbons (Fsp3) is 0.350. The Labute approximate surface area is 156 Å². The van der Waals surface area contributed by atoms with E-state index in [2.05, 4.69) is 17.4 Å². The Morgan fingerprint density at radius 3 is 2.81 bits per heavy atom. The molecule has 1 aromatic carbocycles. The Hall–Kier alpha value is -3.09. The van der Waals surface area contributed by atoms with E-state index in [1.807, 2.05) is 18.2 Å². The molecule has 0 radical (unpaired) electrons. The Morgan fingerprint density at radius 2 is 2.07 bits per heavy atom. The number of carbonyl (C=O) groups is 1. The van der Waals surface area contributed by atoms with Gasteiger partial charge in [-0.1, -0.05) is 19.4 Å². The summed E-state index contributed by atoms with van der Waals surface area (Å²) < 4.78 is 15.3. The first kappa shape index (κ1) is 18.7. The molecule has 7 nitrogen and oxygen atoms in total. The van der Waals surface area contributed by atoms with Crippen molar-refractivity contribution in [1.29, 1.82) is 0 Å². The van der Waals surface area contributed by atoms with Crippen LogP contribution in [0.25, 0.3) is 11.0 Å². The summed E-state index contributed by atoms with van der Waals surface area (Å²) in [5, 5.41) is 7.40. The molecule has 1 amide bonds. The zero-order chi connectivity index (χ0) is 19.2. The Morgan fingerprint density at radius 1 is 1.22 bits per heavy atom. The fourth-order valence-electron chi connectivity index (χ4n) is 2.89. The van der Waals surface area contributed by atoms with E-state index >= 15 is 0 Å². The minimum Gasteiger partial charge on any atom is -0.479 e. The third-order valence-electron chi connectivity index (χ3n) is 4.25. The van der Waals surface area contributed by atoms with Crippen LogP contribution in [-0.4, -0.2) is 18.2 Å². The molecule has 7 heteroatoms. The van der Waals surface area contributed by atoms with E-state index in [0.29, 0.717) is 23.6 Å². The first-order chi connectivity index (χ1) is 13.1. The molecule has 0 unspecified atom stereocenters. The number of benzene rings is 1. The van der Waals surface area contributed by atoms with E-state index in [1.165, 1.54) is 18.7 Å². The minimum absolute atomic E-state index is 0.142. The lowest BCUT2D eigenvalue weighted by molar-refractivity contribution is -0.121. The smallest absolute Gasteiger partial charge is 0.336 e. The van der Waals surface area contributed by atoms with Crippen molar-refractivity contribution in [2.24, 2.45) is 0 Å². The van der Waals surface area contributed by atoms with Gasteiger partial charge in [0.1, 0.15) is 11.3 Å². The number of aryl methyl sites for hydroxylation is 2. The maximum Gasteiger partial charge on any atom is 0.336 e. The summed E-state index contributed by atoms with van der Waals surface area (Å²) in [6.45, 7) is 2.37. The number of hydrogen-bond acceptors (Lipinski definition) is 6. The lowest BCUT2D eigenvalue weighted by atomic mass is 10.0. The number of aromatic nitrogens is 1. The van der Waals surface area contributed by atoms with E-state index < -0.39 is 5.63 Å². The second-order valence-corrected chi connectivity index (χ2v) is 6.28. The first-order valence-corrected chi connectivity index (χ1v) is 8.91. The minimum atomic E-state index is -0.427. The van der Waals surface area contributed by atoms with Crippen LogP contribution in [-0.2, 0) is 24.2 Å². The molecule has 0 atom stereocenters. The van der Waals surface area contributed by atoms with Crippen molar-refractivity contribution in [2.45, 2.75) is 39.2 Å². The van der Waals surface area contributed by atoms with E-state index in [9.17, 15) is 9.59 Å². The summed E-state index contributed by atoms with van der Waals surface area (Å²) >= 11 is 0. The van der Waals surface area contributed by atoms with E-state index in [1.54, 1.807) is 6.07 Å². The molecule has 0 saturated heterocycles. The highest BCUT2D eigenvalue weighted by molar-refractivity contribution is 5.82. The molecule has 0 aliphatic rings. The third-order valence-corrected chi connectivity index (χ3v) is 4.25. The highest BCUT2D eigenvalue weighted by Gasteiger charge is 2.10. The molecule has 3 aromatic rings. The van der Waals surface area contributed by atoms with Crippen LogP contribution in [0, 0.1) is 0 Å². The van der Waals surface area contributed by atoms with Gasteiger partial charge in [0.2, 0.25) is 5.91 Å². The average molecular weight is 370 g/mol. The van der Waals surface area contributed by atoms with Crippen LogP contribution in [0.3, 0.4) is 0 Å². The molecule has 0 aliphatic carbocycles. The monoisotopic (exact) mass is 370 g/mol. The van der Waals surface area contributed by atoms with Crippen molar-refractivity contribution in [1.82, 2.24) is 10.5 Å². The summed E-state index contributed by atoms with van der Waals surface area (Å²) in [5.74, 6) is 0.823. The van der Waals surface area contributed by atoms with Crippen molar-refractivity contribution >= 4 is 16.9 Å².